The van der Waals surface area contributed by atoms with Gasteiger partial charge in [0.2, 0.25) is 0 Å². The van der Waals surface area contributed by atoms with Gasteiger partial charge in [-0.05, 0) is 0 Å². The molecule has 4 heteroatoms. The van der Waals surface area contributed by atoms with Gasteiger partial charge in [-0.1, -0.05) is 0 Å². The fourth-order valence-corrected chi connectivity index (χ4v) is 0.532. The lowest BCUT2D eigenvalue weighted by molar-refractivity contribution is -0.137. The molecule has 0 bridgehead atoms. The van der Waals surface area contributed by atoms with Gasteiger partial charge in [0.25, 0.3) is 0 Å². The van der Waals surface area contributed by atoms with Crippen LogP contribution < -0.4 is 5.73 Å². The number of ether oxygens (including phenoxy) is 1. The van der Waals surface area contributed by atoms with Crippen LogP contribution in [-0.4, -0.2) is 18.6 Å². The van der Waals surface area contributed by atoms with E-state index in [2.05, 4.69) is 4.74 Å². The van der Waals surface area contributed by atoms with E-state index in [0.717, 1.165) is 0 Å². The van der Waals surface area contributed by atoms with Crippen molar-refractivity contribution in [1.29, 1.82) is 0 Å². The molecule has 0 amide bonds. The number of cyclic esters (lactones) is 1. The summed E-state index contributed by atoms with van der Waals surface area (Å²) in [6.45, 7) is 0.402. The van der Waals surface area contributed by atoms with Crippen molar-refractivity contribution in [2.45, 2.75) is 12.5 Å². The molecule has 0 aromatic carbocycles. The smallest absolute Gasteiger partial charge is 0.307 e. The Morgan fingerprint density at radius 1 is 1.75 bits per heavy atom. The molecule has 0 aromatic rings. The number of halogens is 1. The first-order chi connectivity index (χ1) is 3.29. The van der Waals surface area contributed by atoms with Gasteiger partial charge in [0.05, 0.1) is 6.42 Å². The molecule has 0 radical (unpaired) electrons. The van der Waals surface area contributed by atoms with Crippen molar-refractivity contribution >= 4 is 23.0 Å². The third-order valence-electron chi connectivity index (χ3n) is 0.887. The van der Waals surface area contributed by atoms with Crippen LogP contribution >= 0.6 is 17.0 Å². The van der Waals surface area contributed by atoms with E-state index in [1.54, 1.807) is 0 Å². The first-order valence-electron chi connectivity index (χ1n) is 2.20. The quantitative estimate of drug-likeness (QED) is 0.529. The summed E-state index contributed by atoms with van der Waals surface area (Å²) >= 11 is 0. The van der Waals surface area contributed by atoms with Crippen LogP contribution in [0.2, 0.25) is 0 Å². The van der Waals surface area contributed by atoms with E-state index >= 15 is 0 Å². The summed E-state index contributed by atoms with van der Waals surface area (Å²) in [4.78, 5) is 10.2. The molecule has 0 unspecified atom stereocenters. The second-order valence-electron chi connectivity index (χ2n) is 1.65. The Kier molecular flexibility index (Phi) is 3.01. The van der Waals surface area contributed by atoms with Gasteiger partial charge in [0.15, 0.2) is 0 Å². The Bertz CT molecular complexity index is 96.0. The van der Waals surface area contributed by atoms with Gasteiger partial charge in [0.1, 0.15) is 6.61 Å². The Morgan fingerprint density at radius 2 is 2.38 bits per heavy atom. The Hall–Kier alpha value is -0.0900. The fourth-order valence-electron chi connectivity index (χ4n) is 0.532. The summed E-state index contributed by atoms with van der Waals surface area (Å²) in [7, 11) is 0. The third kappa shape index (κ3) is 1.79. The zero-order valence-corrected chi connectivity index (χ0v) is 6.01. The number of carbonyl (C=O) groups is 1. The molecule has 0 aliphatic carbocycles. The molecule has 0 saturated carbocycles. The maximum absolute atomic E-state index is 10.2. The average Bonchev–Trinajstić information content (AvgIpc) is 1.87. The number of hydrogen-bond donors (Lipinski definition) is 1. The summed E-state index contributed by atoms with van der Waals surface area (Å²) in [5.74, 6) is -0.174. The molecule has 0 spiro atoms. The maximum atomic E-state index is 10.2. The molecular weight excluding hydrogens is 174 g/mol. The van der Waals surface area contributed by atoms with Crippen molar-refractivity contribution in [2.75, 3.05) is 6.61 Å². The lowest BCUT2D eigenvalue weighted by Crippen LogP contribution is -2.18. The molecule has 1 fully saturated rings. The van der Waals surface area contributed by atoms with Crippen LogP contribution in [0.5, 0.6) is 0 Å². The fraction of sp³-hybridized carbons (Fsp3) is 0.750. The molecule has 1 rings (SSSR count). The van der Waals surface area contributed by atoms with E-state index in [1.807, 2.05) is 0 Å². The minimum Gasteiger partial charge on any atom is -0.464 e. The number of nitrogens with two attached hydrogens (primary N) is 1. The van der Waals surface area contributed by atoms with Crippen molar-refractivity contribution in [3.8, 4) is 0 Å². The van der Waals surface area contributed by atoms with E-state index in [1.165, 1.54) is 0 Å². The van der Waals surface area contributed by atoms with Crippen molar-refractivity contribution in [1.82, 2.24) is 0 Å². The number of rotatable bonds is 0. The average molecular weight is 182 g/mol. The van der Waals surface area contributed by atoms with Gasteiger partial charge in [-0.15, -0.1) is 17.0 Å². The maximum Gasteiger partial charge on any atom is 0.307 e. The van der Waals surface area contributed by atoms with Gasteiger partial charge in [0, 0.05) is 6.04 Å². The molecule has 1 atom stereocenters. The van der Waals surface area contributed by atoms with Crippen molar-refractivity contribution < 1.29 is 9.53 Å². The predicted molar refractivity (Wildman–Crippen MR) is 33.9 cm³/mol. The zero-order valence-electron chi connectivity index (χ0n) is 4.29. The highest BCUT2D eigenvalue weighted by Gasteiger charge is 2.18. The monoisotopic (exact) mass is 181 g/mol. The highest BCUT2D eigenvalue weighted by Crippen LogP contribution is 2.00. The van der Waals surface area contributed by atoms with Gasteiger partial charge in [-0.25, -0.2) is 0 Å². The van der Waals surface area contributed by atoms with E-state index < -0.39 is 0 Å². The molecule has 3 nitrogen and oxygen atoms in total. The van der Waals surface area contributed by atoms with Crippen LogP contribution in [0.3, 0.4) is 0 Å². The minimum absolute atomic E-state index is 0. The number of hydrogen-bond acceptors (Lipinski definition) is 3. The van der Waals surface area contributed by atoms with Crippen molar-refractivity contribution in [3.63, 3.8) is 0 Å². The third-order valence-corrected chi connectivity index (χ3v) is 0.887. The summed E-state index contributed by atoms with van der Waals surface area (Å²) in [6.07, 6.45) is 0.389. The number of esters is 1. The van der Waals surface area contributed by atoms with E-state index in [-0.39, 0.29) is 29.0 Å². The first kappa shape index (κ1) is 7.91. The van der Waals surface area contributed by atoms with E-state index in [4.69, 9.17) is 5.73 Å². The van der Waals surface area contributed by atoms with Crippen LogP contribution in [0, 0.1) is 0 Å². The van der Waals surface area contributed by atoms with Crippen LogP contribution in [0.25, 0.3) is 0 Å². The van der Waals surface area contributed by atoms with Crippen LogP contribution in [0.1, 0.15) is 6.42 Å². The Balaban J connectivity index is 0.000000490. The minimum atomic E-state index is -0.174. The van der Waals surface area contributed by atoms with Crippen LogP contribution in [-0.2, 0) is 9.53 Å². The molecule has 48 valence electrons. The first-order valence-corrected chi connectivity index (χ1v) is 2.20. The molecule has 2 N–H and O–H groups in total. The summed E-state index contributed by atoms with van der Waals surface area (Å²) in [6, 6.07) is -0.0486. The molecule has 1 aliphatic rings. The van der Waals surface area contributed by atoms with Gasteiger partial charge < -0.3 is 10.5 Å². The molecule has 1 heterocycles. The highest BCUT2D eigenvalue weighted by molar-refractivity contribution is 8.93. The predicted octanol–water partition coefficient (Wildman–Crippen LogP) is -0.161. The van der Waals surface area contributed by atoms with Crippen LogP contribution in [0.15, 0.2) is 0 Å². The van der Waals surface area contributed by atoms with Gasteiger partial charge in [-0.3, -0.25) is 4.79 Å². The molecule has 8 heavy (non-hydrogen) atoms. The summed E-state index contributed by atoms with van der Waals surface area (Å²) in [5, 5.41) is 0. The largest absolute Gasteiger partial charge is 0.464 e. The lowest BCUT2D eigenvalue weighted by atomic mass is 10.3. The highest BCUT2D eigenvalue weighted by atomic mass is 79.9. The van der Waals surface area contributed by atoms with Gasteiger partial charge in [-0.2, -0.15) is 0 Å². The molecule has 1 saturated heterocycles. The van der Waals surface area contributed by atoms with E-state index in [0.29, 0.717) is 13.0 Å². The van der Waals surface area contributed by atoms with Crippen molar-refractivity contribution in [2.24, 2.45) is 5.73 Å². The Morgan fingerprint density at radius 3 is 2.50 bits per heavy atom. The second kappa shape index (κ2) is 3.04. The SMILES string of the molecule is Br.N[C@@H]1COC(=O)C1. The van der Waals surface area contributed by atoms with Crippen LogP contribution in [0.4, 0.5) is 0 Å². The lowest BCUT2D eigenvalue weighted by Gasteiger charge is -1.88. The normalized spacial score (nSPS) is 26.6. The van der Waals surface area contributed by atoms with E-state index in [9.17, 15) is 4.79 Å². The summed E-state index contributed by atoms with van der Waals surface area (Å²) < 4.78 is 4.50. The zero-order chi connectivity index (χ0) is 5.28. The standard InChI is InChI=1S/C4H7NO2.BrH/c5-3-1-4(6)7-2-3;/h3H,1-2,5H2;1H/t3-;/m0./s1. The van der Waals surface area contributed by atoms with Gasteiger partial charge >= 0.3 is 5.97 Å². The summed E-state index contributed by atoms with van der Waals surface area (Å²) in [5.41, 5.74) is 5.28. The molecular formula is C4H8BrNO2. The number of carbonyl (C=O) groups excluding carboxylic acids is 1. The van der Waals surface area contributed by atoms with Crippen molar-refractivity contribution in [3.05, 3.63) is 0 Å². The second-order valence-corrected chi connectivity index (χ2v) is 1.65. The molecule has 0 aromatic heterocycles. The Labute approximate surface area is 58.0 Å². The topological polar surface area (TPSA) is 52.3 Å². The molecule has 1 aliphatic heterocycles.